The summed E-state index contributed by atoms with van der Waals surface area (Å²) in [5.41, 5.74) is 4.61. The van der Waals surface area contributed by atoms with E-state index in [0.717, 1.165) is 16.9 Å². The fourth-order valence-electron chi connectivity index (χ4n) is 2.11. The third-order valence-electron chi connectivity index (χ3n) is 2.97. The van der Waals surface area contributed by atoms with E-state index in [1.807, 2.05) is 36.1 Å². The number of methoxy groups -OCH3 is 1. The Morgan fingerprint density at radius 2 is 2.26 bits per heavy atom. The molecule has 0 saturated heterocycles. The van der Waals surface area contributed by atoms with Crippen LogP contribution in [-0.2, 0) is 6.54 Å². The lowest BCUT2D eigenvalue weighted by Crippen LogP contribution is -2.19. The quantitative estimate of drug-likeness (QED) is 0.913. The molecule has 0 spiro atoms. The van der Waals surface area contributed by atoms with E-state index in [-0.39, 0.29) is 0 Å². The number of aliphatic hydroxyl groups excluding tert-OH is 1. The van der Waals surface area contributed by atoms with E-state index >= 15 is 0 Å². The number of rotatable bonds is 5. The molecule has 1 aromatic carbocycles. The molecule has 0 amide bonds. The van der Waals surface area contributed by atoms with Crippen LogP contribution in [0.1, 0.15) is 24.3 Å². The van der Waals surface area contributed by atoms with Crippen LogP contribution in [-0.4, -0.2) is 24.2 Å². The van der Waals surface area contributed by atoms with E-state index in [9.17, 15) is 5.11 Å². The van der Waals surface area contributed by atoms with Gasteiger partial charge in [-0.25, -0.2) is 4.98 Å². The summed E-state index contributed by atoms with van der Waals surface area (Å²) < 4.78 is 5.33. The summed E-state index contributed by atoms with van der Waals surface area (Å²) in [7, 11) is 3.60. The number of hydrogen-bond acceptors (Lipinski definition) is 5. The standard InChI is InChI=1S/C14H18N2O2S/c1-10(17)14-12(5-4-6-13(14)18-3)16(2)7-11-8-19-9-15-11/h4-6,8-10,17H,7H2,1-3H3/t10-/m0/s1. The number of anilines is 1. The van der Waals surface area contributed by atoms with Gasteiger partial charge >= 0.3 is 0 Å². The second-order valence-electron chi connectivity index (χ2n) is 4.40. The van der Waals surface area contributed by atoms with Crippen LogP contribution in [0.3, 0.4) is 0 Å². The lowest BCUT2D eigenvalue weighted by atomic mass is 10.1. The van der Waals surface area contributed by atoms with Gasteiger partial charge in [0.25, 0.3) is 0 Å². The predicted molar refractivity (Wildman–Crippen MR) is 77.8 cm³/mol. The van der Waals surface area contributed by atoms with E-state index in [4.69, 9.17) is 4.74 Å². The van der Waals surface area contributed by atoms with Crippen molar-refractivity contribution in [1.29, 1.82) is 0 Å². The molecule has 0 aliphatic carbocycles. The van der Waals surface area contributed by atoms with Crippen LogP contribution in [0.4, 0.5) is 5.69 Å². The molecule has 4 nitrogen and oxygen atoms in total. The Labute approximate surface area is 117 Å². The van der Waals surface area contributed by atoms with E-state index < -0.39 is 6.10 Å². The fraction of sp³-hybridized carbons (Fsp3) is 0.357. The largest absolute Gasteiger partial charge is 0.496 e. The van der Waals surface area contributed by atoms with Crippen LogP contribution >= 0.6 is 11.3 Å². The number of nitrogens with zero attached hydrogens (tertiary/aromatic N) is 2. The van der Waals surface area contributed by atoms with Gasteiger partial charge in [-0.05, 0) is 19.1 Å². The van der Waals surface area contributed by atoms with Gasteiger partial charge in [0, 0.05) is 23.7 Å². The molecular formula is C14H18N2O2S. The minimum atomic E-state index is -0.580. The number of ether oxygens (including phenoxy) is 1. The van der Waals surface area contributed by atoms with Gasteiger partial charge in [-0.3, -0.25) is 0 Å². The summed E-state index contributed by atoms with van der Waals surface area (Å²) >= 11 is 1.58. The van der Waals surface area contributed by atoms with Gasteiger partial charge in [-0.2, -0.15) is 0 Å². The van der Waals surface area contributed by atoms with E-state index in [1.165, 1.54) is 0 Å². The van der Waals surface area contributed by atoms with Crippen molar-refractivity contribution in [2.75, 3.05) is 19.1 Å². The molecule has 0 unspecified atom stereocenters. The molecule has 0 bridgehead atoms. The van der Waals surface area contributed by atoms with Gasteiger partial charge in [0.1, 0.15) is 5.75 Å². The van der Waals surface area contributed by atoms with E-state index in [2.05, 4.69) is 9.88 Å². The van der Waals surface area contributed by atoms with Gasteiger partial charge in [-0.15, -0.1) is 11.3 Å². The highest BCUT2D eigenvalue weighted by Gasteiger charge is 2.17. The highest BCUT2D eigenvalue weighted by molar-refractivity contribution is 7.07. The van der Waals surface area contributed by atoms with Crippen molar-refractivity contribution in [3.8, 4) is 5.75 Å². The zero-order valence-corrected chi connectivity index (χ0v) is 12.1. The maximum atomic E-state index is 9.97. The second kappa shape index (κ2) is 6.04. The zero-order valence-electron chi connectivity index (χ0n) is 11.3. The molecule has 102 valence electrons. The number of benzene rings is 1. The average molecular weight is 278 g/mol. The highest BCUT2D eigenvalue weighted by atomic mass is 32.1. The van der Waals surface area contributed by atoms with Crippen molar-refractivity contribution in [3.05, 3.63) is 40.3 Å². The molecule has 1 N–H and O–H groups in total. The molecule has 5 heteroatoms. The molecule has 0 saturated carbocycles. The number of aromatic nitrogens is 1. The van der Waals surface area contributed by atoms with Crippen molar-refractivity contribution >= 4 is 17.0 Å². The highest BCUT2D eigenvalue weighted by Crippen LogP contribution is 2.34. The molecule has 0 radical (unpaired) electrons. The molecular weight excluding hydrogens is 260 g/mol. The molecule has 19 heavy (non-hydrogen) atoms. The van der Waals surface area contributed by atoms with Gasteiger partial charge in [0.2, 0.25) is 0 Å². The molecule has 2 aromatic rings. The first kappa shape index (κ1) is 13.8. The first-order valence-electron chi connectivity index (χ1n) is 6.06. The minimum absolute atomic E-state index is 0.580. The van der Waals surface area contributed by atoms with Crippen molar-refractivity contribution in [2.45, 2.75) is 19.6 Å². The summed E-state index contributed by atoms with van der Waals surface area (Å²) in [6, 6.07) is 5.77. The predicted octanol–water partition coefficient (Wildman–Crippen LogP) is 2.84. The van der Waals surface area contributed by atoms with Crippen molar-refractivity contribution < 1.29 is 9.84 Å². The number of aliphatic hydroxyl groups is 1. The van der Waals surface area contributed by atoms with Crippen LogP contribution in [0.2, 0.25) is 0 Å². The van der Waals surface area contributed by atoms with Gasteiger partial charge in [0.15, 0.2) is 0 Å². The monoisotopic (exact) mass is 278 g/mol. The molecule has 1 aromatic heterocycles. The fourth-order valence-corrected chi connectivity index (χ4v) is 2.66. The topological polar surface area (TPSA) is 45.6 Å². The first-order chi connectivity index (χ1) is 9.13. The minimum Gasteiger partial charge on any atom is -0.496 e. The second-order valence-corrected chi connectivity index (χ2v) is 5.12. The van der Waals surface area contributed by atoms with Crippen LogP contribution in [0.25, 0.3) is 0 Å². The summed E-state index contributed by atoms with van der Waals surface area (Å²) in [6.45, 7) is 2.45. The molecule has 0 fully saturated rings. The lowest BCUT2D eigenvalue weighted by molar-refractivity contribution is 0.194. The van der Waals surface area contributed by atoms with Gasteiger partial charge < -0.3 is 14.7 Å². The number of thiazole rings is 1. The van der Waals surface area contributed by atoms with Crippen LogP contribution < -0.4 is 9.64 Å². The SMILES string of the molecule is COc1cccc(N(C)Cc2cscn2)c1[C@H](C)O. The molecule has 0 aliphatic heterocycles. The Morgan fingerprint density at radius 1 is 1.47 bits per heavy atom. The zero-order chi connectivity index (χ0) is 13.8. The summed E-state index contributed by atoms with van der Waals surface area (Å²) in [6.07, 6.45) is -0.580. The van der Waals surface area contributed by atoms with E-state index in [0.29, 0.717) is 12.3 Å². The average Bonchev–Trinajstić information content (AvgIpc) is 2.90. The van der Waals surface area contributed by atoms with E-state index in [1.54, 1.807) is 25.4 Å². The summed E-state index contributed by atoms with van der Waals surface area (Å²) in [5.74, 6) is 0.706. The van der Waals surface area contributed by atoms with Crippen LogP contribution in [0.5, 0.6) is 5.75 Å². The molecule has 2 rings (SSSR count). The maximum absolute atomic E-state index is 9.97. The van der Waals surface area contributed by atoms with Gasteiger partial charge in [-0.1, -0.05) is 6.07 Å². The van der Waals surface area contributed by atoms with Crippen molar-refractivity contribution in [2.24, 2.45) is 0 Å². The Bertz CT molecular complexity index is 526. The molecule has 1 heterocycles. The first-order valence-corrected chi connectivity index (χ1v) is 7.01. The van der Waals surface area contributed by atoms with Crippen LogP contribution in [0.15, 0.2) is 29.1 Å². The Morgan fingerprint density at radius 3 is 2.84 bits per heavy atom. The maximum Gasteiger partial charge on any atom is 0.126 e. The summed E-state index contributed by atoms with van der Waals surface area (Å²) in [5, 5.41) is 12.0. The lowest BCUT2D eigenvalue weighted by Gasteiger charge is -2.24. The third-order valence-corrected chi connectivity index (χ3v) is 3.61. The van der Waals surface area contributed by atoms with Crippen molar-refractivity contribution in [1.82, 2.24) is 4.98 Å². The Kier molecular flexibility index (Phi) is 4.39. The smallest absolute Gasteiger partial charge is 0.126 e. The molecule has 1 atom stereocenters. The number of hydrogen-bond donors (Lipinski definition) is 1. The Balaban J connectivity index is 2.32. The summed E-state index contributed by atoms with van der Waals surface area (Å²) in [4.78, 5) is 6.35. The van der Waals surface area contributed by atoms with Gasteiger partial charge in [0.05, 0.1) is 31.0 Å². The van der Waals surface area contributed by atoms with Crippen molar-refractivity contribution in [3.63, 3.8) is 0 Å². The Hall–Kier alpha value is -1.59. The normalized spacial score (nSPS) is 12.2. The molecule has 0 aliphatic rings. The third kappa shape index (κ3) is 3.05. The van der Waals surface area contributed by atoms with Crippen LogP contribution in [0, 0.1) is 0 Å².